The quantitative estimate of drug-likeness (QED) is 0.256. The first-order valence-corrected chi connectivity index (χ1v) is 11.9. The van der Waals surface area contributed by atoms with Gasteiger partial charge in [0.2, 0.25) is 0 Å². The van der Waals surface area contributed by atoms with Crippen LogP contribution in [0.15, 0.2) is 108 Å². The zero-order valence-electron chi connectivity index (χ0n) is 20.0. The van der Waals surface area contributed by atoms with Crippen LogP contribution in [-0.4, -0.2) is 27.1 Å². The van der Waals surface area contributed by atoms with Crippen LogP contribution in [0.5, 0.6) is 0 Å². The Hall–Kier alpha value is -4.45. The maximum atomic E-state index is 14.0. The minimum Gasteiger partial charge on any atom is -0.460 e. The van der Waals surface area contributed by atoms with Crippen LogP contribution >= 0.6 is 0 Å². The van der Waals surface area contributed by atoms with Gasteiger partial charge < -0.3 is 9.32 Å². The number of aryl methyl sites for hydroxylation is 1. The van der Waals surface area contributed by atoms with Crippen molar-refractivity contribution in [1.29, 1.82) is 0 Å². The van der Waals surface area contributed by atoms with E-state index in [4.69, 9.17) is 4.42 Å². The van der Waals surface area contributed by atoms with Gasteiger partial charge in [-0.2, -0.15) is 5.10 Å². The number of rotatable bonds is 8. The molecule has 6 heteroatoms. The van der Waals surface area contributed by atoms with Gasteiger partial charge in [-0.05, 0) is 60.9 Å². The lowest BCUT2D eigenvalue weighted by Crippen LogP contribution is -2.34. The van der Waals surface area contributed by atoms with Crippen LogP contribution in [0.3, 0.4) is 0 Å². The Labute approximate surface area is 209 Å². The number of amides is 1. The van der Waals surface area contributed by atoms with E-state index >= 15 is 0 Å². The van der Waals surface area contributed by atoms with Gasteiger partial charge in [-0.3, -0.25) is 4.79 Å². The molecule has 0 N–H and O–H groups in total. The lowest BCUT2D eigenvalue weighted by Gasteiger charge is -2.23. The fourth-order valence-corrected chi connectivity index (χ4v) is 4.13. The highest BCUT2D eigenvalue weighted by Gasteiger charge is 2.24. The Morgan fingerprint density at radius 3 is 2.19 bits per heavy atom. The van der Waals surface area contributed by atoms with E-state index in [1.807, 2.05) is 72.5 Å². The smallest absolute Gasteiger partial charge is 0.272 e. The van der Waals surface area contributed by atoms with Crippen LogP contribution in [0, 0.1) is 12.7 Å². The summed E-state index contributed by atoms with van der Waals surface area (Å²) in [5.41, 5.74) is 3.71. The molecule has 36 heavy (non-hydrogen) atoms. The molecule has 2 heterocycles. The molecule has 5 aromatic rings. The van der Waals surface area contributed by atoms with Gasteiger partial charge in [0, 0.05) is 19.2 Å². The summed E-state index contributed by atoms with van der Waals surface area (Å²) in [5.74, 6) is 0.805. The summed E-state index contributed by atoms with van der Waals surface area (Å²) in [7, 11) is 0. The number of carbonyl (C=O) groups is 1. The molecule has 1 amide bonds. The van der Waals surface area contributed by atoms with Crippen LogP contribution < -0.4 is 0 Å². The molecule has 0 atom stereocenters. The average Bonchev–Trinajstić information content (AvgIpc) is 3.54. The standard InChI is InChI=1S/C30H26FN3O2/c1-22-12-17-29(36-22)27-20-28(34(32-27)26-15-13-25(31)14-16-26)30(35)33(21-24-10-6-3-7-11-24)19-18-23-8-4-2-5-9-23/h2-17,20H,18-19,21H2,1H3. The van der Waals surface area contributed by atoms with Gasteiger partial charge in [-0.1, -0.05) is 60.7 Å². The molecule has 0 aliphatic heterocycles. The fraction of sp³-hybridized carbons (Fsp3) is 0.133. The fourth-order valence-electron chi connectivity index (χ4n) is 4.13. The second-order valence-corrected chi connectivity index (χ2v) is 8.66. The van der Waals surface area contributed by atoms with Gasteiger partial charge >= 0.3 is 0 Å². The topological polar surface area (TPSA) is 51.3 Å². The number of halogens is 1. The first-order valence-electron chi connectivity index (χ1n) is 11.9. The van der Waals surface area contributed by atoms with Crippen LogP contribution in [0.25, 0.3) is 17.1 Å². The number of nitrogens with zero attached hydrogens (tertiary/aromatic N) is 3. The average molecular weight is 480 g/mol. The third-order valence-corrected chi connectivity index (χ3v) is 6.01. The van der Waals surface area contributed by atoms with Gasteiger partial charge in [0.1, 0.15) is 23.0 Å². The third-order valence-electron chi connectivity index (χ3n) is 6.01. The van der Waals surface area contributed by atoms with Crippen molar-refractivity contribution in [3.05, 3.63) is 132 Å². The zero-order chi connectivity index (χ0) is 24.9. The molecule has 0 aliphatic rings. The number of aromatic nitrogens is 2. The van der Waals surface area contributed by atoms with Crippen molar-refractivity contribution >= 4 is 5.91 Å². The van der Waals surface area contributed by atoms with E-state index < -0.39 is 0 Å². The van der Waals surface area contributed by atoms with E-state index in [9.17, 15) is 9.18 Å². The van der Waals surface area contributed by atoms with Gasteiger partial charge in [0.25, 0.3) is 5.91 Å². The number of hydrogen-bond donors (Lipinski definition) is 0. The first kappa shape index (κ1) is 23.3. The van der Waals surface area contributed by atoms with Gasteiger partial charge in [0.15, 0.2) is 5.76 Å². The highest BCUT2D eigenvalue weighted by molar-refractivity contribution is 5.94. The minimum atomic E-state index is -0.353. The maximum Gasteiger partial charge on any atom is 0.272 e. The van der Waals surface area contributed by atoms with Crippen molar-refractivity contribution in [2.24, 2.45) is 0 Å². The van der Waals surface area contributed by atoms with E-state index in [1.54, 1.807) is 22.9 Å². The molecule has 0 unspecified atom stereocenters. The van der Waals surface area contributed by atoms with E-state index in [2.05, 4.69) is 17.2 Å². The molecule has 0 saturated carbocycles. The molecular formula is C30H26FN3O2. The van der Waals surface area contributed by atoms with Crippen molar-refractivity contribution in [2.45, 2.75) is 19.9 Å². The molecule has 0 bridgehead atoms. The zero-order valence-corrected chi connectivity index (χ0v) is 20.0. The number of carbonyl (C=O) groups excluding carboxylic acids is 1. The summed E-state index contributed by atoms with van der Waals surface area (Å²) < 4.78 is 21.0. The van der Waals surface area contributed by atoms with Crippen molar-refractivity contribution < 1.29 is 13.6 Å². The van der Waals surface area contributed by atoms with Crippen molar-refractivity contribution in [2.75, 3.05) is 6.54 Å². The molecule has 5 nitrogen and oxygen atoms in total. The highest BCUT2D eigenvalue weighted by atomic mass is 19.1. The largest absolute Gasteiger partial charge is 0.460 e. The van der Waals surface area contributed by atoms with E-state index in [1.165, 1.54) is 12.1 Å². The predicted molar refractivity (Wildman–Crippen MR) is 137 cm³/mol. The molecule has 2 aromatic heterocycles. The van der Waals surface area contributed by atoms with Gasteiger partial charge in [-0.15, -0.1) is 0 Å². The Morgan fingerprint density at radius 1 is 0.889 bits per heavy atom. The Morgan fingerprint density at radius 2 is 1.56 bits per heavy atom. The van der Waals surface area contributed by atoms with Crippen LogP contribution in [0.4, 0.5) is 4.39 Å². The molecule has 180 valence electrons. The van der Waals surface area contributed by atoms with Gasteiger partial charge in [-0.25, -0.2) is 9.07 Å². The molecule has 0 spiro atoms. The van der Waals surface area contributed by atoms with E-state index in [0.717, 1.165) is 16.9 Å². The van der Waals surface area contributed by atoms with Crippen molar-refractivity contribution in [3.8, 4) is 17.1 Å². The van der Waals surface area contributed by atoms with E-state index in [-0.39, 0.29) is 11.7 Å². The predicted octanol–water partition coefficient (Wildman–Crippen LogP) is 6.46. The lowest BCUT2D eigenvalue weighted by atomic mass is 10.1. The Kier molecular flexibility index (Phi) is 6.76. The molecule has 5 rings (SSSR count). The van der Waals surface area contributed by atoms with Crippen LogP contribution in [0.1, 0.15) is 27.4 Å². The third kappa shape index (κ3) is 5.28. The molecule has 0 aliphatic carbocycles. The molecule has 3 aromatic carbocycles. The maximum absolute atomic E-state index is 14.0. The first-order chi connectivity index (χ1) is 17.6. The summed E-state index contributed by atoms with van der Waals surface area (Å²) in [6, 6.07) is 31.4. The second-order valence-electron chi connectivity index (χ2n) is 8.66. The minimum absolute atomic E-state index is 0.166. The monoisotopic (exact) mass is 479 g/mol. The summed E-state index contributed by atoms with van der Waals surface area (Å²) in [6.45, 7) is 2.84. The summed E-state index contributed by atoms with van der Waals surface area (Å²) >= 11 is 0. The number of benzene rings is 3. The summed E-state index contributed by atoms with van der Waals surface area (Å²) in [4.78, 5) is 15.9. The van der Waals surface area contributed by atoms with Crippen LogP contribution in [0.2, 0.25) is 0 Å². The summed E-state index contributed by atoms with van der Waals surface area (Å²) in [6.07, 6.45) is 0.717. The normalized spacial score (nSPS) is 10.9. The van der Waals surface area contributed by atoms with Crippen molar-refractivity contribution in [1.82, 2.24) is 14.7 Å². The molecular weight excluding hydrogens is 453 g/mol. The number of furan rings is 1. The number of hydrogen-bond acceptors (Lipinski definition) is 3. The van der Waals surface area contributed by atoms with Gasteiger partial charge in [0.05, 0.1) is 5.69 Å². The molecule has 0 radical (unpaired) electrons. The van der Waals surface area contributed by atoms with Crippen molar-refractivity contribution in [3.63, 3.8) is 0 Å². The van der Waals surface area contributed by atoms with Crippen LogP contribution in [-0.2, 0) is 13.0 Å². The lowest BCUT2D eigenvalue weighted by molar-refractivity contribution is 0.0736. The highest BCUT2D eigenvalue weighted by Crippen LogP contribution is 2.25. The SMILES string of the molecule is Cc1ccc(-c2cc(C(=O)N(CCc3ccccc3)Cc3ccccc3)n(-c3ccc(F)cc3)n2)o1. The molecule has 0 fully saturated rings. The van der Waals surface area contributed by atoms with E-state index in [0.29, 0.717) is 42.3 Å². The Bertz CT molecular complexity index is 1440. The second kappa shape index (κ2) is 10.4. The summed E-state index contributed by atoms with van der Waals surface area (Å²) in [5, 5.41) is 4.68. The Balaban J connectivity index is 1.53. The molecule has 0 saturated heterocycles.